The summed E-state index contributed by atoms with van der Waals surface area (Å²) in [6.07, 6.45) is 4.48. The lowest BCUT2D eigenvalue weighted by Crippen LogP contribution is -2.43. The van der Waals surface area contributed by atoms with Gasteiger partial charge in [-0.2, -0.15) is 0 Å². The van der Waals surface area contributed by atoms with Crippen molar-refractivity contribution in [2.24, 2.45) is 5.92 Å². The maximum absolute atomic E-state index is 11.6. The molecular formula is C13H25N3O3S. The Bertz CT molecular complexity index is 419. The van der Waals surface area contributed by atoms with Gasteiger partial charge in [-0.1, -0.05) is 6.42 Å². The Labute approximate surface area is 121 Å². The van der Waals surface area contributed by atoms with E-state index in [0.29, 0.717) is 19.5 Å². The Kier molecular flexibility index (Phi) is 5.65. The van der Waals surface area contributed by atoms with Crippen molar-refractivity contribution in [1.29, 1.82) is 0 Å². The maximum Gasteiger partial charge on any atom is 0.314 e. The van der Waals surface area contributed by atoms with Crippen LogP contribution in [0, 0.1) is 5.92 Å². The van der Waals surface area contributed by atoms with Crippen LogP contribution in [0.2, 0.25) is 0 Å². The molecule has 116 valence electrons. The van der Waals surface area contributed by atoms with Crippen LogP contribution in [0.5, 0.6) is 0 Å². The zero-order valence-corrected chi connectivity index (χ0v) is 12.8. The summed E-state index contributed by atoms with van der Waals surface area (Å²) >= 11 is 0. The zero-order valence-electron chi connectivity index (χ0n) is 11.9. The smallest absolute Gasteiger partial charge is 0.314 e. The largest absolute Gasteiger partial charge is 0.338 e. The summed E-state index contributed by atoms with van der Waals surface area (Å²) in [7, 11) is -2.85. The number of nitrogens with one attached hydrogen (secondary N) is 2. The van der Waals surface area contributed by atoms with E-state index in [1.54, 1.807) is 0 Å². The monoisotopic (exact) mass is 303 g/mol. The predicted octanol–water partition coefficient (Wildman–Crippen LogP) is 0.206. The zero-order chi connectivity index (χ0) is 14.4. The number of urea groups is 1. The van der Waals surface area contributed by atoms with Gasteiger partial charge in [0.2, 0.25) is 0 Å². The molecule has 1 unspecified atom stereocenters. The Morgan fingerprint density at radius 3 is 2.55 bits per heavy atom. The van der Waals surface area contributed by atoms with Crippen LogP contribution in [-0.4, -0.2) is 63.6 Å². The Balaban J connectivity index is 1.54. The van der Waals surface area contributed by atoms with Gasteiger partial charge in [-0.15, -0.1) is 0 Å². The van der Waals surface area contributed by atoms with Crippen LogP contribution in [-0.2, 0) is 9.84 Å². The van der Waals surface area contributed by atoms with Crippen molar-refractivity contribution in [2.45, 2.75) is 25.7 Å². The molecule has 2 rings (SSSR count). The number of nitrogens with zero attached hydrogens (tertiary/aromatic N) is 1. The third kappa shape index (κ3) is 5.28. The normalized spacial score (nSPS) is 26.3. The fraction of sp³-hybridized carbons (Fsp3) is 0.923. The Morgan fingerprint density at radius 1 is 1.15 bits per heavy atom. The number of hydrogen-bond donors (Lipinski definition) is 2. The average molecular weight is 303 g/mol. The van der Waals surface area contributed by atoms with E-state index in [1.807, 2.05) is 0 Å². The second kappa shape index (κ2) is 7.26. The van der Waals surface area contributed by atoms with E-state index in [0.717, 1.165) is 19.6 Å². The molecule has 6 nitrogen and oxygen atoms in total. The number of carbonyl (C=O) groups excluding carboxylic acids is 1. The molecule has 7 heteroatoms. The van der Waals surface area contributed by atoms with Crippen molar-refractivity contribution in [3.8, 4) is 0 Å². The molecule has 0 aromatic heterocycles. The molecule has 2 heterocycles. The van der Waals surface area contributed by atoms with E-state index >= 15 is 0 Å². The van der Waals surface area contributed by atoms with Gasteiger partial charge in [-0.25, -0.2) is 13.2 Å². The lowest BCUT2D eigenvalue weighted by atomic mass is 10.1. The number of amides is 2. The SMILES string of the molecule is O=C(NCCN1CCCCC1)NCC1CCS(=O)(=O)C1. The van der Waals surface area contributed by atoms with Gasteiger partial charge in [0, 0.05) is 19.6 Å². The predicted molar refractivity (Wildman–Crippen MR) is 78.5 cm³/mol. The first-order chi connectivity index (χ1) is 9.55. The summed E-state index contributed by atoms with van der Waals surface area (Å²) < 4.78 is 22.6. The van der Waals surface area contributed by atoms with E-state index in [1.165, 1.54) is 19.3 Å². The fourth-order valence-corrected chi connectivity index (χ4v) is 4.70. The van der Waals surface area contributed by atoms with Crippen LogP contribution in [0.3, 0.4) is 0 Å². The highest BCUT2D eigenvalue weighted by molar-refractivity contribution is 7.91. The van der Waals surface area contributed by atoms with Gasteiger partial charge in [0.05, 0.1) is 11.5 Å². The number of hydrogen-bond acceptors (Lipinski definition) is 4. The summed E-state index contributed by atoms with van der Waals surface area (Å²) in [5.74, 6) is 0.546. The molecule has 0 spiro atoms. The van der Waals surface area contributed by atoms with Gasteiger partial charge in [-0.05, 0) is 38.3 Å². The first-order valence-electron chi connectivity index (χ1n) is 7.50. The Hall–Kier alpha value is -0.820. The van der Waals surface area contributed by atoms with Crippen molar-refractivity contribution in [3.63, 3.8) is 0 Å². The van der Waals surface area contributed by atoms with E-state index in [9.17, 15) is 13.2 Å². The van der Waals surface area contributed by atoms with Crippen molar-refractivity contribution in [1.82, 2.24) is 15.5 Å². The summed E-state index contributed by atoms with van der Waals surface area (Å²) in [6, 6.07) is -0.189. The molecular weight excluding hydrogens is 278 g/mol. The van der Waals surface area contributed by atoms with Crippen LogP contribution in [0.25, 0.3) is 0 Å². The molecule has 0 aromatic carbocycles. The molecule has 0 radical (unpaired) electrons. The van der Waals surface area contributed by atoms with Crippen molar-refractivity contribution < 1.29 is 13.2 Å². The molecule has 2 saturated heterocycles. The summed E-state index contributed by atoms with van der Waals surface area (Å²) in [6.45, 7) is 4.25. The van der Waals surface area contributed by atoms with Crippen molar-refractivity contribution in [2.75, 3.05) is 44.2 Å². The summed E-state index contributed by atoms with van der Waals surface area (Å²) in [5, 5.41) is 5.60. The van der Waals surface area contributed by atoms with Gasteiger partial charge in [0.25, 0.3) is 0 Å². The number of piperidine rings is 1. The Morgan fingerprint density at radius 2 is 1.90 bits per heavy atom. The summed E-state index contributed by atoms with van der Waals surface area (Å²) in [4.78, 5) is 14.0. The minimum Gasteiger partial charge on any atom is -0.338 e. The molecule has 2 fully saturated rings. The standard InChI is InChI=1S/C13H25N3O3S/c17-13(14-5-8-16-6-2-1-3-7-16)15-10-12-4-9-20(18,19)11-12/h12H,1-11H2,(H2,14,15,17). The fourth-order valence-electron chi connectivity index (χ4n) is 2.84. The second-order valence-electron chi connectivity index (χ2n) is 5.81. The average Bonchev–Trinajstić information content (AvgIpc) is 2.77. The van der Waals surface area contributed by atoms with Gasteiger partial charge in [0.15, 0.2) is 9.84 Å². The van der Waals surface area contributed by atoms with Crippen molar-refractivity contribution in [3.05, 3.63) is 0 Å². The molecule has 2 amide bonds. The maximum atomic E-state index is 11.6. The lowest BCUT2D eigenvalue weighted by Gasteiger charge is -2.26. The molecule has 0 saturated carbocycles. The first-order valence-corrected chi connectivity index (χ1v) is 9.32. The molecule has 0 aromatic rings. The van der Waals surface area contributed by atoms with Gasteiger partial charge in [-0.3, -0.25) is 0 Å². The van der Waals surface area contributed by atoms with Gasteiger partial charge < -0.3 is 15.5 Å². The van der Waals surface area contributed by atoms with Crippen LogP contribution >= 0.6 is 0 Å². The third-order valence-electron chi connectivity index (χ3n) is 4.04. The summed E-state index contributed by atoms with van der Waals surface area (Å²) in [5.41, 5.74) is 0. The molecule has 2 aliphatic rings. The molecule has 2 N–H and O–H groups in total. The number of sulfone groups is 1. The minimum atomic E-state index is -2.85. The molecule has 1 atom stereocenters. The van der Waals surface area contributed by atoms with Crippen LogP contribution in [0.1, 0.15) is 25.7 Å². The topological polar surface area (TPSA) is 78.5 Å². The molecule has 2 aliphatic heterocycles. The van der Waals surface area contributed by atoms with Crippen LogP contribution < -0.4 is 10.6 Å². The highest BCUT2D eigenvalue weighted by Crippen LogP contribution is 2.17. The van der Waals surface area contributed by atoms with E-state index in [2.05, 4.69) is 15.5 Å². The lowest BCUT2D eigenvalue weighted by molar-refractivity contribution is 0.220. The van der Waals surface area contributed by atoms with E-state index < -0.39 is 9.84 Å². The third-order valence-corrected chi connectivity index (χ3v) is 5.88. The number of rotatable bonds is 5. The van der Waals surface area contributed by atoms with E-state index in [4.69, 9.17) is 0 Å². The second-order valence-corrected chi connectivity index (χ2v) is 8.04. The molecule has 0 bridgehead atoms. The van der Waals surface area contributed by atoms with Gasteiger partial charge >= 0.3 is 6.03 Å². The minimum absolute atomic E-state index is 0.0767. The van der Waals surface area contributed by atoms with Crippen LogP contribution in [0.4, 0.5) is 4.79 Å². The van der Waals surface area contributed by atoms with Crippen LogP contribution in [0.15, 0.2) is 0 Å². The molecule has 20 heavy (non-hydrogen) atoms. The number of likely N-dealkylation sites (tertiary alicyclic amines) is 1. The van der Waals surface area contributed by atoms with Gasteiger partial charge in [0.1, 0.15) is 0 Å². The first kappa shape index (κ1) is 15.6. The molecule has 0 aliphatic carbocycles. The van der Waals surface area contributed by atoms with Crippen molar-refractivity contribution >= 4 is 15.9 Å². The number of carbonyl (C=O) groups is 1. The quantitative estimate of drug-likeness (QED) is 0.761. The highest BCUT2D eigenvalue weighted by atomic mass is 32.2. The van der Waals surface area contributed by atoms with E-state index in [-0.39, 0.29) is 23.5 Å². The highest BCUT2D eigenvalue weighted by Gasteiger charge is 2.27.